The third-order valence-corrected chi connectivity index (χ3v) is 0. The first-order chi connectivity index (χ1) is 3.83. The van der Waals surface area contributed by atoms with Crippen LogP contribution in [0.25, 0.3) is 0 Å². The molecule has 0 bridgehead atoms. The fourth-order valence-corrected chi connectivity index (χ4v) is 0. The summed E-state index contributed by atoms with van der Waals surface area (Å²) in [5, 5.41) is 2.25. The molecule has 0 aliphatic carbocycles. The summed E-state index contributed by atoms with van der Waals surface area (Å²) in [6.07, 6.45) is 1.25. The molecule has 0 amide bonds. The molecule has 2 heteroatoms. The monoisotopic (exact) mass is 119 g/mol. The summed E-state index contributed by atoms with van der Waals surface area (Å²) in [4.78, 5) is 8.56. The molecule has 0 radical (unpaired) electrons. The van der Waals surface area contributed by atoms with Crippen LogP contribution in [-0.4, -0.2) is 7.05 Å². The lowest BCUT2D eigenvalue weighted by molar-refractivity contribution is 1.09. The fourth-order valence-electron chi connectivity index (χ4n) is 0. The Hall–Kier alpha value is -0.400. The molecule has 0 aromatic heterocycles. The van der Waals surface area contributed by atoms with E-state index in [2.05, 4.69) is 19.0 Å². The SMILES string of the molecule is CC.CCC.CN=O. The van der Waals surface area contributed by atoms with E-state index in [-0.39, 0.29) is 0 Å². The molecule has 0 aromatic rings. The van der Waals surface area contributed by atoms with Crippen LogP contribution in [0.4, 0.5) is 0 Å². The Morgan fingerprint density at radius 3 is 1.25 bits per heavy atom. The van der Waals surface area contributed by atoms with Crippen LogP contribution in [0.3, 0.4) is 0 Å². The maximum absolute atomic E-state index is 8.56. The summed E-state index contributed by atoms with van der Waals surface area (Å²) in [6, 6.07) is 0. The third-order valence-electron chi connectivity index (χ3n) is 0. The number of hydrogen-bond donors (Lipinski definition) is 0. The molecule has 0 spiro atoms. The molecule has 0 rings (SSSR count). The normalized spacial score (nSPS) is 4.62. The van der Waals surface area contributed by atoms with Gasteiger partial charge in [-0.3, -0.25) is 0 Å². The highest BCUT2D eigenvalue weighted by molar-refractivity contribution is 4.01. The number of hydrogen-bond acceptors (Lipinski definition) is 2. The zero-order valence-corrected chi connectivity index (χ0v) is 6.56. The largest absolute Gasteiger partial charge is 0.151 e. The first-order valence-electron chi connectivity index (χ1n) is 3.04. The Morgan fingerprint density at radius 2 is 1.25 bits per heavy atom. The molecule has 0 unspecified atom stereocenters. The molecule has 52 valence electrons. The molecule has 0 aromatic carbocycles. The minimum atomic E-state index is 1.19. The minimum Gasteiger partial charge on any atom is -0.151 e. The lowest BCUT2D eigenvalue weighted by Gasteiger charge is -1.48. The van der Waals surface area contributed by atoms with Crippen LogP contribution in [0.5, 0.6) is 0 Å². The van der Waals surface area contributed by atoms with Gasteiger partial charge in [0.1, 0.15) is 0 Å². The van der Waals surface area contributed by atoms with Gasteiger partial charge in [0.25, 0.3) is 0 Å². The average Bonchev–Trinajstić information content (AvgIpc) is 1.75. The second-order valence-corrected chi connectivity index (χ2v) is 0.890. The van der Waals surface area contributed by atoms with Crippen molar-refractivity contribution in [2.45, 2.75) is 34.1 Å². The fraction of sp³-hybridized carbons (Fsp3) is 1.00. The predicted molar refractivity (Wildman–Crippen MR) is 39.0 cm³/mol. The van der Waals surface area contributed by atoms with Crippen molar-refractivity contribution in [3.63, 3.8) is 0 Å². The van der Waals surface area contributed by atoms with Crippen molar-refractivity contribution in [2.75, 3.05) is 7.05 Å². The van der Waals surface area contributed by atoms with E-state index in [1.54, 1.807) is 0 Å². The predicted octanol–water partition coefficient (Wildman–Crippen LogP) is 2.83. The summed E-state index contributed by atoms with van der Waals surface area (Å²) in [5.41, 5.74) is 0. The molecule has 0 saturated heterocycles. The van der Waals surface area contributed by atoms with Gasteiger partial charge in [-0.05, 0) is 0 Å². The molecule has 0 N–H and O–H groups in total. The van der Waals surface area contributed by atoms with Gasteiger partial charge in [-0.2, -0.15) is 4.91 Å². The van der Waals surface area contributed by atoms with Crippen LogP contribution in [0.1, 0.15) is 34.1 Å². The van der Waals surface area contributed by atoms with Gasteiger partial charge in [0.2, 0.25) is 0 Å². The van der Waals surface area contributed by atoms with Gasteiger partial charge in [0.15, 0.2) is 0 Å². The Kier molecular flexibility index (Phi) is 158. The molecule has 0 heterocycles. The van der Waals surface area contributed by atoms with Crippen LogP contribution in [-0.2, 0) is 0 Å². The van der Waals surface area contributed by atoms with E-state index >= 15 is 0 Å². The van der Waals surface area contributed by atoms with Gasteiger partial charge in [-0.1, -0.05) is 39.3 Å². The standard InChI is InChI=1S/C3H8.C2H6.CH3NO/c1-3-2;1-2;1-2-3/h3H2,1-2H3;1-2H3;1H3. The van der Waals surface area contributed by atoms with E-state index < -0.39 is 0 Å². The molecule has 0 fully saturated rings. The summed E-state index contributed by atoms with van der Waals surface area (Å²) in [5.74, 6) is 0. The highest BCUT2D eigenvalue weighted by Crippen LogP contribution is 1.56. The minimum absolute atomic E-state index is 1.19. The number of nitrogens with zero attached hydrogens (tertiary/aromatic N) is 1. The zero-order chi connectivity index (χ0) is 7.41. The highest BCUT2D eigenvalue weighted by atomic mass is 16.2. The van der Waals surface area contributed by atoms with Gasteiger partial charge in [0, 0.05) is 0 Å². The first-order valence-corrected chi connectivity index (χ1v) is 3.04. The molecule has 2 nitrogen and oxygen atoms in total. The Balaban J connectivity index is -0.0000000483. The van der Waals surface area contributed by atoms with Crippen LogP contribution >= 0.6 is 0 Å². The van der Waals surface area contributed by atoms with Gasteiger partial charge in [0.05, 0.1) is 7.05 Å². The highest BCUT2D eigenvalue weighted by Gasteiger charge is 1.35. The second-order valence-electron chi connectivity index (χ2n) is 0.890. The van der Waals surface area contributed by atoms with Crippen molar-refractivity contribution in [2.24, 2.45) is 5.18 Å². The molecule has 0 aliphatic rings. The molecule has 0 saturated carbocycles. The van der Waals surface area contributed by atoms with Crippen molar-refractivity contribution in [3.8, 4) is 0 Å². The lowest BCUT2D eigenvalue weighted by Crippen LogP contribution is -1.27. The molecule has 0 aliphatic heterocycles. The quantitative estimate of drug-likeness (QED) is 0.451. The van der Waals surface area contributed by atoms with Gasteiger partial charge in [-0.15, -0.1) is 0 Å². The van der Waals surface area contributed by atoms with Crippen LogP contribution in [0, 0.1) is 4.91 Å². The molecule has 8 heavy (non-hydrogen) atoms. The van der Waals surface area contributed by atoms with Crippen LogP contribution < -0.4 is 0 Å². The topological polar surface area (TPSA) is 29.4 Å². The van der Waals surface area contributed by atoms with Crippen LogP contribution in [0.15, 0.2) is 5.18 Å². The van der Waals surface area contributed by atoms with E-state index in [0.717, 1.165) is 0 Å². The Labute approximate surface area is 52.3 Å². The smallest absolute Gasteiger partial charge is 0.0700 e. The van der Waals surface area contributed by atoms with E-state index in [1.165, 1.54) is 13.5 Å². The van der Waals surface area contributed by atoms with Gasteiger partial charge >= 0.3 is 0 Å². The van der Waals surface area contributed by atoms with Crippen molar-refractivity contribution in [1.29, 1.82) is 0 Å². The zero-order valence-electron chi connectivity index (χ0n) is 6.56. The van der Waals surface area contributed by atoms with Crippen LogP contribution in [0.2, 0.25) is 0 Å². The van der Waals surface area contributed by atoms with Crippen molar-refractivity contribution in [1.82, 2.24) is 0 Å². The Morgan fingerprint density at radius 1 is 1.25 bits per heavy atom. The maximum atomic E-state index is 8.56. The molecular weight excluding hydrogens is 102 g/mol. The van der Waals surface area contributed by atoms with E-state index in [1.807, 2.05) is 13.8 Å². The molecular formula is C6H17NO. The summed E-state index contributed by atoms with van der Waals surface area (Å²) in [7, 11) is 1.19. The first kappa shape index (κ1) is 15.6. The number of rotatable bonds is 0. The second kappa shape index (κ2) is 80.8. The average molecular weight is 119 g/mol. The van der Waals surface area contributed by atoms with E-state index in [4.69, 9.17) is 4.91 Å². The number of nitroso groups, excluding NO2 is 1. The van der Waals surface area contributed by atoms with Crippen molar-refractivity contribution >= 4 is 0 Å². The molecule has 0 atom stereocenters. The summed E-state index contributed by atoms with van der Waals surface area (Å²) < 4.78 is 0. The van der Waals surface area contributed by atoms with E-state index in [0.29, 0.717) is 0 Å². The maximum Gasteiger partial charge on any atom is 0.0700 e. The summed E-state index contributed by atoms with van der Waals surface area (Å²) in [6.45, 7) is 8.25. The van der Waals surface area contributed by atoms with Crippen molar-refractivity contribution < 1.29 is 0 Å². The van der Waals surface area contributed by atoms with Gasteiger partial charge < -0.3 is 0 Å². The lowest BCUT2D eigenvalue weighted by atomic mass is 10.6. The summed E-state index contributed by atoms with van der Waals surface area (Å²) >= 11 is 0. The van der Waals surface area contributed by atoms with Gasteiger partial charge in [-0.25, -0.2) is 0 Å². The van der Waals surface area contributed by atoms with Crippen molar-refractivity contribution in [3.05, 3.63) is 4.91 Å². The van der Waals surface area contributed by atoms with E-state index in [9.17, 15) is 0 Å². The Bertz CT molecular complexity index is 22.5. The third kappa shape index (κ3) is 741.